The number of hydrogen-bond donors (Lipinski definition) is 3. The minimum atomic E-state index is -3.76. The summed E-state index contributed by atoms with van der Waals surface area (Å²) in [5.41, 5.74) is 7.02. The maximum Gasteiger partial charge on any atom is 0.292 e. The Balaban J connectivity index is 1.83. The normalized spacial score (nSPS) is 12.2. The zero-order chi connectivity index (χ0) is 23.7. The summed E-state index contributed by atoms with van der Waals surface area (Å²) < 4.78 is 27.5. The minimum Gasteiger partial charge on any atom is -0.302 e. The van der Waals surface area contributed by atoms with Gasteiger partial charge in [0.25, 0.3) is 15.0 Å². The lowest BCUT2D eigenvalue weighted by molar-refractivity contribution is -0.109. The van der Waals surface area contributed by atoms with Gasteiger partial charge in [0.15, 0.2) is 5.13 Å². The minimum absolute atomic E-state index is 0.277. The van der Waals surface area contributed by atoms with Crippen molar-refractivity contribution in [3.05, 3.63) is 65.7 Å². The van der Waals surface area contributed by atoms with Crippen molar-refractivity contribution >= 4 is 60.3 Å². The molecule has 0 saturated carbocycles. The van der Waals surface area contributed by atoms with E-state index in [1.165, 1.54) is 17.5 Å². The zero-order valence-corrected chi connectivity index (χ0v) is 20.8. The third-order valence-electron chi connectivity index (χ3n) is 4.34. The van der Waals surface area contributed by atoms with Crippen molar-refractivity contribution in [2.24, 2.45) is 0 Å². The fourth-order valence-corrected chi connectivity index (χ4v) is 6.63. The molecular weight excluding hydrogens is 501 g/mol. The zero-order valence-electron chi connectivity index (χ0n) is 17.6. The molecule has 0 bridgehead atoms. The molecule has 1 aromatic heterocycles. The molecule has 174 valence electrons. The number of aromatic nitrogens is 1. The molecule has 1 heterocycles. The molecule has 0 fully saturated rings. The molecule has 12 heteroatoms. The van der Waals surface area contributed by atoms with Crippen molar-refractivity contribution in [2.75, 3.05) is 16.7 Å². The Morgan fingerprint density at radius 3 is 2.67 bits per heavy atom. The molecule has 0 saturated heterocycles. The van der Waals surface area contributed by atoms with Gasteiger partial charge in [-0.3, -0.25) is 10.2 Å². The molecule has 3 rings (SSSR count). The monoisotopic (exact) mass is 522 g/mol. The van der Waals surface area contributed by atoms with Gasteiger partial charge in [-0.05, 0) is 47.8 Å². The van der Waals surface area contributed by atoms with E-state index in [-0.39, 0.29) is 5.13 Å². The maximum atomic E-state index is 12.9. The number of thioether (sulfide) groups is 1. The Hall–Kier alpha value is -2.38. The summed E-state index contributed by atoms with van der Waals surface area (Å²) in [6, 6.07) is 13.5. The summed E-state index contributed by atoms with van der Waals surface area (Å²) >= 11 is 2.79. The van der Waals surface area contributed by atoms with Crippen LogP contribution in [0.4, 0.5) is 5.13 Å². The van der Waals surface area contributed by atoms with Gasteiger partial charge in [0.2, 0.25) is 0 Å². The lowest BCUT2D eigenvalue weighted by Gasteiger charge is -2.16. The first kappa shape index (κ1) is 25.2. The van der Waals surface area contributed by atoms with E-state index in [0.717, 1.165) is 17.6 Å². The van der Waals surface area contributed by atoms with Crippen LogP contribution in [0.1, 0.15) is 16.8 Å². The van der Waals surface area contributed by atoms with Crippen LogP contribution in [0.3, 0.4) is 0 Å². The summed E-state index contributed by atoms with van der Waals surface area (Å²) in [7, 11) is -3.13. The second-order valence-corrected chi connectivity index (χ2v) is 12.1. The number of carbonyl (C=O) groups is 2. The average Bonchev–Trinajstić information content (AvgIpc) is 3.31. The van der Waals surface area contributed by atoms with Crippen molar-refractivity contribution in [3.63, 3.8) is 0 Å². The van der Waals surface area contributed by atoms with E-state index < -0.39 is 21.0 Å². The summed E-state index contributed by atoms with van der Waals surface area (Å²) in [5.74, 6) is 0.349. The van der Waals surface area contributed by atoms with Gasteiger partial charge in [-0.15, -0.1) is 11.3 Å². The number of nitrogens with one attached hydrogen (secondary N) is 3. The van der Waals surface area contributed by atoms with Crippen LogP contribution in [0.5, 0.6) is 0 Å². The fraction of sp³-hybridized carbons (Fsp3) is 0.190. The SMILES string of the molecule is CSCC[C@H](C=O)NNC(=O)c1ccc(SS(=O)(=O)Nc2nccs2)cc1-c1ccccc1. The maximum absolute atomic E-state index is 12.9. The molecule has 0 radical (unpaired) electrons. The van der Waals surface area contributed by atoms with Crippen molar-refractivity contribution in [1.29, 1.82) is 0 Å². The number of amides is 1. The van der Waals surface area contributed by atoms with Crippen molar-refractivity contribution in [3.8, 4) is 11.1 Å². The number of aldehydes is 1. The van der Waals surface area contributed by atoms with Crippen LogP contribution in [-0.2, 0) is 13.8 Å². The van der Waals surface area contributed by atoms with Gasteiger partial charge in [0.1, 0.15) is 6.29 Å². The quantitative estimate of drug-likeness (QED) is 0.187. The topological polar surface area (TPSA) is 117 Å². The highest BCUT2D eigenvalue weighted by Crippen LogP contribution is 2.32. The van der Waals surface area contributed by atoms with Crippen molar-refractivity contribution in [2.45, 2.75) is 17.4 Å². The largest absolute Gasteiger partial charge is 0.302 e. The van der Waals surface area contributed by atoms with E-state index in [1.54, 1.807) is 35.3 Å². The third-order valence-corrected chi connectivity index (χ3v) is 8.40. The Kier molecular flexibility index (Phi) is 9.32. The van der Waals surface area contributed by atoms with Crippen molar-refractivity contribution in [1.82, 2.24) is 15.8 Å². The number of thiazole rings is 1. The van der Waals surface area contributed by atoms with Crippen LogP contribution in [0.2, 0.25) is 0 Å². The molecule has 3 aromatic rings. The van der Waals surface area contributed by atoms with Gasteiger partial charge in [0.05, 0.1) is 6.04 Å². The highest BCUT2D eigenvalue weighted by molar-refractivity contribution is 8.72. The highest BCUT2D eigenvalue weighted by atomic mass is 33.1. The van der Waals surface area contributed by atoms with E-state index in [2.05, 4.69) is 20.6 Å². The van der Waals surface area contributed by atoms with Gasteiger partial charge in [-0.25, -0.2) is 15.1 Å². The highest BCUT2D eigenvalue weighted by Gasteiger charge is 2.19. The summed E-state index contributed by atoms with van der Waals surface area (Å²) in [4.78, 5) is 28.5. The molecular formula is C21H22N4O4S4. The average molecular weight is 523 g/mol. The van der Waals surface area contributed by atoms with Gasteiger partial charge in [-0.1, -0.05) is 30.3 Å². The predicted molar refractivity (Wildman–Crippen MR) is 136 cm³/mol. The molecule has 0 aliphatic rings. The summed E-state index contributed by atoms with van der Waals surface area (Å²) in [6.07, 6.45) is 4.79. The molecule has 8 nitrogen and oxygen atoms in total. The molecule has 0 unspecified atom stereocenters. The van der Waals surface area contributed by atoms with Gasteiger partial charge < -0.3 is 4.79 Å². The van der Waals surface area contributed by atoms with Gasteiger partial charge >= 0.3 is 0 Å². The first-order chi connectivity index (χ1) is 15.9. The Morgan fingerprint density at radius 1 is 1.21 bits per heavy atom. The molecule has 33 heavy (non-hydrogen) atoms. The summed E-state index contributed by atoms with van der Waals surface area (Å²) in [5, 5.41) is 1.95. The number of hydrazine groups is 1. The van der Waals surface area contributed by atoms with Crippen LogP contribution >= 0.6 is 33.9 Å². The van der Waals surface area contributed by atoms with Crippen LogP contribution in [-0.4, -0.2) is 43.6 Å². The lowest BCUT2D eigenvalue weighted by Crippen LogP contribution is -2.45. The van der Waals surface area contributed by atoms with E-state index >= 15 is 0 Å². The number of nitrogens with zero attached hydrogens (tertiary/aromatic N) is 1. The Bertz CT molecular complexity index is 1170. The number of benzene rings is 2. The smallest absolute Gasteiger partial charge is 0.292 e. The Labute approximate surface area is 204 Å². The standard InChI is InChI=1S/C21H22N4O4S4/c1-30-11-9-16(14-26)23-24-20(27)18-8-7-17(13-19(18)15-5-3-2-4-6-15)32-33(28,29)25-21-22-10-12-31-21/h2-8,10,12-14,16,23H,9,11H2,1H3,(H,22,25)(H,24,27)/t16-/m1/s1. The van der Waals surface area contributed by atoms with Gasteiger partial charge in [0, 0.05) is 32.8 Å². The van der Waals surface area contributed by atoms with Crippen LogP contribution in [0.25, 0.3) is 11.1 Å². The van der Waals surface area contributed by atoms with Gasteiger partial charge in [-0.2, -0.15) is 20.2 Å². The van der Waals surface area contributed by atoms with Crippen LogP contribution in [0.15, 0.2) is 65.0 Å². The van der Waals surface area contributed by atoms with Crippen LogP contribution in [0, 0.1) is 0 Å². The first-order valence-corrected chi connectivity index (χ1v) is 14.8. The van der Waals surface area contributed by atoms with E-state index in [1.807, 2.05) is 36.6 Å². The van der Waals surface area contributed by atoms with Crippen LogP contribution < -0.4 is 15.6 Å². The molecule has 1 amide bonds. The molecule has 3 N–H and O–H groups in total. The second-order valence-electron chi connectivity index (χ2n) is 6.67. The number of anilines is 1. The summed E-state index contributed by atoms with van der Waals surface area (Å²) in [6.45, 7) is 0. The second kappa shape index (κ2) is 12.2. The van der Waals surface area contributed by atoms with Crippen molar-refractivity contribution < 1.29 is 18.0 Å². The fourth-order valence-electron chi connectivity index (χ4n) is 2.80. The number of carbonyl (C=O) groups excluding carboxylic acids is 2. The third kappa shape index (κ3) is 7.57. The Morgan fingerprint density at radius 2 is 2.00 bits per heavy atom. The molecule has 2 aromatic carbocycles. The number of hydrogen-bond acceptors (Lipinski definition) is 9. The number of rotatable bonds is 12. The molecule has 0 spiro atoms. The van der Waals surface area contributed by atoms with E-state index in [0.29, 0.717) is 33.2 Å². The van der Waals surface area contributed by atoms with E-state index in [9.17, 15) is 18.0 Å². The van der Waals surface area contributed by atoms with E-state index in [4.69, 9.17) is 0 Å². The molecule has 0 aliphatic heterocycles. The first-order valence-electron chi connectivity index (χ1n) is 9.73. The lowest BCUT2D eigenvalue weighted by atomic mass is 9.99. The molecule has 0 aliphatic carbocycles. The molecule has 1 atom stereocenters. The predicted octanol–water partition coefficient (Wildman–Crippen LogP) is 3.81.